The molecule has 0 bridgehead atoms. The van der Waals surface area contributed by atoms with Crippen LogP contribution >= 0.6 is 11.6 Å². The zero-order chi connectivity index (χ0) is 19.8. The van der Waals surface area contributed by atoms with Crippen LogP contribution in [0, 0.1) is 0 Å². The standard InChI is InChI=1S/C19H21ClN4O3/c1-21-19(27)23-18(26)17(13-8-4-3-5-9-13)24(2)12-16(25)22-15-11-7-6-10-14(15)20/h3-11,17H,12H2,1-2H3,(H,22,25)(H2,21,23,26,27)/t17-/m0/s1. The van der Waals surface area contributed by atoms with E-state index in [1.165, 1.54) is 7.05 Å². The maximum absolute atomic E-state index is 12.6. The summed E-state index contributed by atoms with van der Waals surface area (Å²) >= 11 is 6.05. The number of anilines is 1. The molecule has 0 aromatic heterocycles. The Morgan fingerprint density at radius 3 is 2.30 bits per heavy atom. The molecule has 0 saturated carbocycles. The number of halogens is 1. The topological polar surface area (TPSA) is 90.5 Å². The zero-order valence-corrected chi connectivity index (χ0v) is 15.8. The van der Waals surface area contributed by atoms with Crippen LogP contribution in [0.25, 0.3) is 0 Å². The fraction of sp³-hybridized carbons (Fsp3) is 0.211. The summed E-state index contributed by atoms with van der Waals surface area (Å²) in [6, 6.07) is 14.4. The van der Waals surface area contributed by atoms with Crippen LogP contribution in [-0.4, -0.2) is 43.4 Å². The molecule has 7 nitrogen and oxygen atoms in total. The summed E-state index contributed by atoms with van der Waals surface area (Å²) in [5.41, 5.74) is 1.15. The second kappa shape index (κ2) is 9.70. The van der Waals surface area contributed by atoms with Crippen molar-refractivity contribution in [3.8, 4) is 0 Å². The maximum atomic E-state index is 12.6. The summed E-state index contributed by atoms with van der Waals surface area (Å²) in [5.74, 6) is -0.868. The number of hydrogen-bond acceptors (Lipinski definition) is 4. The quantitative estimate of drug-likeness (QED) is 0.708. The molecule has 1 atom stereocenters. The third-order valence-electron chi connectivity index (χ3n) is 3.81. The van der Waals surface area contributed by atoms with E-state index in [-0.39, 0.29) is 12.5 Å². The van der Waals surface area contributed by atoms with Gasteiger partial charge in [-0.3, -0.25) is 19.8 Å². The minimum absolute atomic E-state index is 0.0774. The van der Waals surface area contributed by atoms with Crippen molar-refractivity contribution in [3.05, 3.63) is 65.2 Å². The van der Waals surface area contributed by atoms with Gasteiger partial charge < -0.3 is 10.6 Å². The summed E-state index contributed by atoms with van der Waals surface area (Å²) in [6.07, 6.45) is 0. The van der Waals surface area contributed by atoms with Crippen molar-refractivity contribution < 1.29 is 14.4 Å². The Labute approximate surface area is 162 Å². The molecule has 2 aromatic rings. The predicted molar refractivity (Wildman–Crippen MR) is 104 cm³/mol. The number of benzene rings is 2. The number of carbonyl (C=O) groups excluding carboxylic acids is 3. The lowest BCUT2D eigenvalue weighted by molar-refractivity contribution is -0.126. The van der Waals surface area contributed by atoms with Crippen LogP contribution in [0.1, 0.15) is 11.6 Å². The highest BCUT2D eigenvalue weighted by Gasteiger charge is 2.27. The van der Waals surface area contributed by atoms with Crippen LogP contribution in [0.4, 0.5) is 10.5 Å². The largest absolute Gasteiger partial charge is 0.341 e. The molecule has 0 aliphatic rings. The van der Waals surface area contributed by atoms with Gasteiger partial charge in [-0.25, -0.2) is 4.79 Å². The number of imide groups is 1. The first-order valence-corrected chi connectivity index (χ1v) is 8.62. The van der Waals surface area contributed by atoms with Crippen LogP contribution in [0.2, 0.25) is 5.02 Å². The van der Waals surface area contributed by atoms with E-state index in [1.807, 2.05) is 6.07 Å². The molecular formula is C19H21ClN4O3. The highest BCUT2D eigenvalue weighted by molar-refractivity contribution is 6.33. The molecule has 0 spiro atoms. The van der Waals surface area contributed by atoms with E-state index in [9.17, 15) is 14.4 Å². The van der Waals surface area contributed by atoms with Gasteiger partial charge in [-0.05, 0) is 24.7 Å². The molecule has 0 aliphatic carbocycles. The molecule has 0 aliphatic heterocycles. The van der Waals surface area contributed by atoms with E-state index in [4.69, 9.17) is 11.6 Å². The molecule has 0 fully saturated rings. The van der Waals surface area contributed by atoms with Gasteiger partial charge in [0.25, 0.3) is 0 Å². The summed E-state index contributed by atoms with van der Waals surface area (Å²) in [6.45, 7) is -0.0774. The first kappa shape index (κ1) is 20.4. The first-order valence-electron chi connectivity index (χ1n) is 8.24. The van der Waals surface area contributed by atoms with E-state index in [2.05, 4.69) is 16.0 Å². The number of nitrogens with one attached hydrogen (secondary N) is 3. The first-order chi connectivity index (χ1) is 12.9. The molecule has 142 valence electrons. The van der Waals surface area contributed by atoms with Crippen molar-refractivity contribution in [3.63, 3.8) is 0 Å². The molecular weight excluding hydrogens is 368 g/mol. The fourth-order valence-electron chi connectivity index (χ4n) is 2.55. The molecule has 4 amide bonds. The van der Waals surface area contributed by atoms with E-state index < -0.39 is 18.0 Å². The van der Waals surface area contributed by atoms with E-state index in [0.29, 0.717) is 16.3 Å². The number of rotatable bonds is 6. The zero-order valence-electron chi connectivity index (χ0n) is 15.0. The van der Waals surface area contributed by atoms with Crippen molar-refractivity contribution in [2.24, 2.45) is 0 Å². The van der Waals surface area contributed by atoms with Gasteiger partial charge in [-0.2, -0.15) is 0 Å². The molecule has 0 radical (unpaired) electrons. The molecule has 2 aromatic carbocycles. The Morgan fingerprint density at radius 1 is 1.04 bits per heavy atom. The molecule has 0 heterocycles. The number of likely N-dealkylation sites (N-methyl/N-ethyl adjacent to an activating group) is 1. The van der Waals surface area contributed by atoms with Crippen molar-refractivity contribution in [1.29, 1.82) is 0 Å². The third-order valence-corrected chi connectivity index (χ3v) is 4.14. The van der Waals surface area contributed by atoms with E-state index in [0.717, 1.165) is 0 Å². The second-order valence-electron chi connectivity index (χ2n) is 5.82. The minimum atomic E-state index is -0.819. The number of nitrogens with zero attached hydrogens (tertiary/aromatic N) is 1. The number of amides is 4. The van der Waals surface area contributed by atoms with Crippen LogP contribution in [0.15, 0.2) is 54.6 Å². The second-order valence-corrected chi connectivity index (χ2v) is 6.23. The minimum Gasteiger partial charge on any atom is -0.341 e. The normalized spacial score (nSPS) is 11.6. The SMILES string of the molecule is CNC(=O)NC(=O)[C@H](c1ccccc1)N(C)CC(=O)Nc1ccccc1Cl. The van der Waals surface area contributed by atoms with Crippen molar-refractivity contribution in [2.75, 3.05) is 26.0 Å². The van der Waals surface area contributed by atoms with Gasteiger partial charge in [-0.1, -0.05) is 54.1 Å². The number of hydrogen-bond donors (Lipinski definition) is 3. The number of urea groups is 1. The van der Waals surface area contributed by atoms with Gasteiger partial charge >= 0.3 is 6.03 Å². The average molecular weight is 389 g/mol. The van der Waals surface area contributed by atoms with Crippen molar-refractivity contribution in [2.45, 2.75) is 6.04 Å². The lowest BCUT2D eigenvalue weighted by Gasteiger charge is -2.26. The third kappa shape index (κ3) is 5.80. The van der Waals surface area contributed by atoms with Crippen LogP contribution < -0.4 is 16.0 Å². The van der Waals surface area contributed by atoms with Gasteiger partial charge in [0.1, 0.15) is 6.04 Å². The summed E-state index contributed by atoms with van der Waals surface area (Å²) in [4.78, 5) is 38.1. The molecule has 3 N–H and O–H groups in total. The highest BCUT2D eigenvalue weighted by atomic mass is 35.5. The van der Waals surface area contributed by atoms with Crippen molar-refractivity contribution in [1.82, 2.24) is 15.5 Å². The molecule has 2 rings (SSSR count). The Bertz CT molecular complexity index is 814. The lowest BCUT2D eigenvalue weighted by atomic mass is 10.0. The Kier molecular flexibility index (Phi) is 7.34. The predicted octanol–water partition coefficient (Wildman–Crippen LogP) is 2.41. The average Bonchev–Trinajstić information content (AvgIpc) is 2.64. The summed E-state index contributed by atoms with van der Waals surface area (Å²) in [5, 5.41) is 7.73. The van der Waals surface area contributed by atoms with Gasteiger partial charge in [0.15, 0.2) is 0 Å². The van der Waals surface area contributed by atoms with Crippen LogP contribution in [-0.2, 0) is 9.59 Å². The van der Waals surface area contributed by atoms with Gasteiger partial charge in [0.05, 0.1) is 17.3 Å². The van der Waals surface area contributed by atoms with Crippen LogP contribution in [0.5, 0.6) is 0 Å². The number of carbonyl (C=O) groups is 3. The highest BCUT2D eigenvalue weighted by Crippen LogP contribution is 2.22. The Hall–Kier alpha value is -2.90. The fourth-order valence-corrected chi connectivity index (χ4v) is 2.74. The molecule has 0 saturated heterocycles. The maximum Gasteiger partial charge on any atom is 0.321 e. The smallest absolute Gasteiger partial charge is 0.321 e. The van der Waals surface area contributed by atoms with E-state index >= 15 is 0 Å². The summed E-state index contributed by atoms with van der Waals surface area (Å²) < 4.78 is 0. The Morgan fingerprint density at radius 2 is 1.67 bits per heavy atom. The van der Waals surface area contributed by atoms with Crippen molar-refractivity contribution >= 4 is 35.1 Å². The van der Waals surface area contributed by atoms with Crippen LogP contribution in [0.3, 0.4) is 0 Å². The van der Waals surface area contributed by atoms with E-state index in [1.54, 1.807) is 60.5 Å². The van der Waals surface area contributed by atoms with Gasteiger partial charge in [-0.15, -0.1) is 0 Å². The van der Waals surface area contributed by atoms with Gasteiger partial charge in [0, 0.05) is 7.05 Å². The molecule has 27 heavy (non-hydrogen) atoms. The molecule has 8 heteroatoms. The van der Waals surface area contributed by atoms with Gasteiger partial charge in [0.2, 0.25) is 11.8 Å². The number of para-hydroxylation sites is 1. The Balaban J connectivity index is 2.14. The lowest BCUT2D eigenvalue weighted by Crippen LogP contribution is -2.46. The monoisotopic (exact) mass is 388 g/mol. The molecule has 0 unspecified atom stereocenters. The summed E-state index contributed by atoms with van der Waals surface area (Å²) in [7, 11) is 3.05.